The summed E-state index contributed by atoms with van der Waals surface area (Å²) in [6, 6.07) is 10.8. The third-order valence-electron chi connectivity index (χ3n) is 5.10. The molecule has 3 nitrogen and oxygen atoms in total. The molecular formula is C18H26N2O. The van der Waals surface area contributed by atoms with Crippen LogP contribution in [-0.4, -0.2) is 18.8 Å². The predicted octanol–water partition coefficient (Wildman–Crippen LogP) is 3.80. The molecule has 4 unspecified atom stereocenters. The molecule has 1 saturated carbocycles. The van der Waals surface area contributed by atoms with Crippen molar-refractivity contribution in [3.8, 4) is 6.07 Å². The first-order chi connectivity index (χ1) is 10.0. The fourth-order valence-corrected chi connectivity index (χ4v) is 3.25. The van der Waals surface area contributed by atoms with Gasteiger partial charge in [0.25, 0.3) is 0 Å². The van der Waals surface area contributed by atoms with Crippen LogP contribution in [0.3, 0.4) is 0 Å². The normalized spacial score (nSPS) is 29.5. The third-order valence-corrected chi connectivity index (χ3v) is 5.10. The highest BCUT2D eigenvalue weighted by atomic mass is 16.5. The lowest BCUT2D eigenvalue weighted by atomic mass is 9.61. The Labute approximate surface area is 128 Å². The van der Waals surface area contributed by atoms with Crippen LogP contribution in [0.15, 0.2) is 24.3 Å². The van der Waals surface area contributed by atoms with Crippen molar-refractivity contribution in [3.63, 3.8) is 0 Å². The minimum atomic E-state index is 0.219. The summed E-state index contributed by atoms with van der Waals surface area (Å²) >= 11 is 0. The van der Waals surface area contributed by atoms with Gasteiger partial charge >= 0.3 is 0 Å². The predicted molar refractivity (Wildman–Crippen MR) is 84.9 cm³/mol. The van der Waals surface area contributed by atoms with E-state index in [2.05, 4.69) is 39.1 Å². The second-order valence-electron chi connectivity index (χ2n) is 6.21. The van der Waals surface area contributed by atoms with Crippen molar-refractivity contribution in [2.75, 3.05) is 6.61 Å². The van der Waals surface area contributed by atoms with E-state index < -0.39 is 0 Å². The molecule has 114 valence electrons. The van der Waals surface area contributed by atoms with Crippen LogP contribution in [0.25, 0.3) is 0 Å². The first-order valence-corrected chi connectivity index (χ1v) is 7.92. The molecule has 1 aromatic rings. The Hall–Kier alpha value is -1.37. The van der Waals surface area contributed by atoms with Gasteiger partial charge in [-0.2, -0.15) is 5.26 Å². The number of nitriles is 1. The lowest BCUT2D eigenvalue weighted by Gasteiger charge is -2.54. The van der Waals surface area contributed by atoms with Gasteiger partial charge in [-0.05, 0) is 44.4 Å². The Morgan fingerprint density at radius 3 is 2.57 bits per heavy atom. The highest BCUT2D eigenvalue weighted by molar-refractivity contribution is 5.32. The molecule has 0 saturated heterocycles. The van der Waals surface area contributed by atoms with Crippen LogP contribution in [0, 0.1) is 16.7 Å². The zero-order valence-electron chi connectivity index (χ0n) is 13.5. The maximum absolute atomic E-state index is 8.86. The molecule has 1 aromatic carbocycles. The van der Waals surface area contributed by atoms with Gasteiger partial charge in [0.2, 0.25) is 0 Å². The number of benzene rings is 1. The lowest BCUT2D eigenvalue weighted by molar-refractivity contribution is -0.127. The van der Waals surface area contributed by atoms with E-state index in [1.165, 1.54) is 5.56 Å². The van der Waals surface area contributed by atoms with Crippen LogP contribution in [0.2, 0.25) is 0 Å². The standard InChI is InChI=1S/C18H26N2O/c1-5-18(4)16(11-17(18)21-6-2)20-13(3)15-9-7-14(12-19)8-10-15/h7-10,13,16-17,20H,5-6,11H2,1-4H3. The monoisotopic (exact) mass is 286 g/mol. The van der Waals surface area contributed by atoms with Crippen molar-refractivity contribution in [2.45, 2.75) is 58.7 Å². The molecule has 2 rings (SSSR count). The second kappa shape index (κ2) is 6.60. The molecule has 1 N–H and O–H groups in total. The van der Waals surface area contributed by atoms with Crippen molar-refractivity contribution >= 4 is 0 Å². The summed E-state index contributed by atoms with van der Waals surface area (Å²) in [7, 11) is 0. The van der Waals surface area contributed by atoms with Gasteiger partial charge in [-0.15, -0.1) is 0 Å². The van der Waals surface area contributed by atoms with Crippen molar-refractivity contribution in [3.05, 3.63) is 35.4 Å². The molecule has 0 radical (unpaired) electrons. The van der Waals surface area contributed by atoms with Crippen LogP contribution in [0.5, 0.6) is 0 Å². The fourth-order valence-electron chi connectivity index (χ4n) is 3.25. The summed E-state index contributed by atoms with van der Waals surface area (Å²) in [6.07, 6.45) is 2.58. The number of nitrogens with zero attached hydrogens (tertiary/aromatic N) is 1. The van der Waals surface area contributed by atoms with E-state index in [1.807, 2.05) is 24.3 Å². The van der Waals surface area contributed by atoms with Gasteiger partial charge in [-0.1, -0.05) is 26.0 Å². The Balaban J connectivity index is 1.99. The molecule has 1 aliphatic carbocycles. The third kappa shape index (κ3) is 3.12. The SMILES string of the molecule is CCOC1CC(NC(C)c2ccc(C#N)cc2)C1(C)CC. The van der Waals surface area contributed by atoms with Crippen LogP contribution in [-0.2, 0) is 4.74 Å². The molecule has 3 heteroatoms. The summed E-state index contributed by atoms with van der Waals surface area (Å²) in [5.74, 6) is 0. The maximum atomic E-state index is 8.86. The van der Waals surface area contributed by atoms with Gasteiger partial charge in [0.15, 0.2) is 0 Å². The highest BCUT2D eigenvalue weighted by Crippen LogP contribution is 2.46. The Kier molecular flexibility index (Phi) is 5.03. The Morgan fingerprint density at radius 1 is 1.38 bits per heavy atom. The molecular weight excluding hydrogens is 260 g/mol. The van der Waals surface area contributed by atoms with Gasteiger partial charge in [0.05, 0.1) is 17.7 Å². The van der Waals surface area contributed by atoms with Crippen molar-refractivity contribution < 1.29 is 4.74 Å². The fraction of sp³-hybridized carbons (Fsp3) is 0.611. The van der Waals surface area contributed by atoms with Gasteiger partial charge in [0, 0.05) is 24.1 Å². The first kappa shape index (κ1) is 16.0. The zero-order valence-corrected chi connectivity index (χ0v) is 13.5. The largest absolute Gasteiger partial charge is 0.378 e. The van der Waals surface area contributed by atoms with E-state index in [0.29, 0.717) is 17.7 Å². The number of rotatable bonds is 6. The molecule has 1 aliphatic rings. The van der Waals surface area contributed by atoms with Crippen LogP contribution in [0.1, 0.15) is 57.7 Å². The van der Waals surface area contributed by atoms with E-state index in [4.69, 9.17) is 10.00 Å². The van der Waals surface area contributed by atoms with Crippen molar-refractivity contribution in [1.29, 1.82) is 5.26 Å². The van der Waals surface area contributed by atoms with Gasteiger partial charge in [-0.3, -0.25) is 0 Å². The van der Waals surface area contributed by atoms with Crippen molar-refractivity contribution in [2.24, 2.45) is 5.41 Å². The topological polar surface area (TPSA) is 45.0 Å². The molecule has 0 amide bonds. The maximum Gasteiger partial charge on any atom is 0.0991 e. The van der Waals surface area contributed by atoms with Crippen LogP contribution >= 0.6 is 0 Å². The molecule has 4 atom stereocenters. The summed E-state index contributed by atoms with van der Waals surface area (Å²) in [5.41, 5.74) is 2.16. The minimum Gasteiger partial charge on any atom is -0.378 e. The average molecular weight is 286 g/mol. The number of ether oxygens (including phenoxy) is 1. The Morgan fingerprint density at radius 2 is 2.05 bits per heavy atom. The smallest absolute Gasteiger partial charge is 0.0991 e. The molecule has 1 fully saturated rings. The van der Waals surface area contributed by atoms with Gasteiger partial charge in [0.1, 0.15) is 0 Å². The molecule has 0 aliphatic heterocycles. The molecule has 0 aromatic heterocycles. The quantitative estimate of drug-likeness (QED) is 0.865. The molecule has 0 bridgehead atoms. The molecule has 0 heterocycles. The van der Waals surface area contributed by atoms with Crippen molar-refractivity contribution in [1.82, 2.24) is 5.32 Å². The summed E-state index contributed by atoms with van der Waals surface area (Å²) in [6.45, 7) is 9.60. The van der Waals surface area contributed by atoms with Crippen LogP contribution in [0.4, 0.5) is 0 Å². The number of nitrogens with one attached hydrogen (secondary N) is 1. The van der Waals surface area contributed by atoms with E-state index in [0.717, 1.165) is 19.4 Å². The first-order valence-electron chi connectivity index (χ1n) is 7.92. The molecule has 0 spiro atoms. The van der Waals surface area contributed by atoms with E-state index in [9.17, 15) is 0 Å². The van der Waals surface area contributed by atoms with Gasteiger partial charge in [-0.25, -0.2) is 0 Å². The molecule has 21 heavy (non-hydrogen) atoms. The average Bonchev–Trinajstić information content (AvgIpc) is 2.52. The zero-order chi connectivity index (χ0) is 15.5. The van der Waals surface area contributed by atoms with Crippen LogP contribution < -0.4 is 5.32 Å². The van der Waals surface area contributed by atoms with E-state index in [1.54, 1.807) is 0 Å². The Bertz CT molecular complexity index is 505. The van der Waals surface area contributed by atoms with E-state index >= 15 is 0 Å². The number of hydrogen-bond acceptors (Lipinski definition) is 3. The summed E-state index contributed by atoms with van der Waals surface area (Å²) in [5, 5.41) is 12.6. The lowest BCUT2D eigenvalue weighted by Crippen LogP contribution is -2.62. The summed E-state index contributed by atoms with van der Waals surface area (Å²) in [4.78, 5) is 0. The van der Waals surface area contributed by atoms with Gasteiger partial charge < -0.3 is 10.1 Å². The van der Waals surface area contributed by atoms with E-state index in [-0.39, 0.29) is 11.5 Å². The highest BCUT2D eigenvalue weighted by Gasteiger charge is 2.51. The summed E-state index contributed by atoms with van der Waals surface area (Å²) < 4.78 is 5.86. The number of hydrogen-bond donors (Lipinski definition) is 1. The minimum absolute atomic E-state index is 0.219. The second-order valence-corrected chi connectivity index (χ2v) is 6.21.